The van der Waals surface area contributed by atoms with Crippen LogP contribution in [-0.4, -0.2) is 64.6 Å². The highest BCUT2D eigenvalue weighted by molar-refractivity contribution is 5.82. The molecule has 0 bridgehead atoms. The van der Waals surface area contributed by atoms with Crippen LogP contribution in [0, 0.1) is 0 Å². The summed E-state index contributed by atoms with van der Waals surface area (Å²) in [5.74, 6) is 1.45. The van der Waals surface area contributed by atoms with Gasteiger partial charge in [-0.05, 0) is 25.5 Å². The van der Waals surface area contributed by atoms with E-state index in [-0.39, 0.29) is 11.9 Å². The van der Waals surface area contributed by atoms with Crippen LogP contribution in [0.3, 0.4) is 0 Å². The van der Waals surface area contributed by atoms with Crippen molar-refractivity contribution in [3.63, 3.8) is 0 Å². The average molecular weight is 318 g/mol. The molecule has 0 saturated carbocycles. The zero-order valence-corrected chi connectivity index (χ0v) is 14.1. The van der Waals surface area contributed by atoms with Gasteiger partial charge in [-0.2, -0.15) is 0 Å². The van der Waals surface area contributed by atoms with Crippen LogP contribution in [-0.2, 0) is 16.1 Å². The lowest BCUT2D eigenvalue weighted by molar-refractivity contribution is -0.140. The molecule has 0 radical (unpaired) electrons. The Hall–Kier alpha value is -1.53. The van der Waals surface area contributed by atoms with E-state index < -0.39 is 0 Å². The normalized spacial score (nSPS) is 22.7. The van der Waals surface area contributed by atoms with Gasteiger partial charge in [-0.25, -0.2) is 9.97 Å². The zero-order chi connectivity index (χ0) is 16.2. The van der Waals surface area contributed by atoms with Crippen LogP contribution < -0.4 is 0 Å². The predicted octanol–water partition coefficient (Wildman–Crippen LogP) is 1.42. The van der Waals surface area contributed by atoms with Crippen molar-refractivity contribution in [1.29, 1.82) is 0 Å². The summed E-state index contributed by atoms with van der Waals surface area (Å²) in [5, 5.41) is 0. The van der Waals surface area contributed by atoms with Crippen molar-refractivity contribution in [2.75, 3.05) is 32.8 Å². The van der Waals surface area contributed by atoms with E-state index in [2.05, 4.69) is 28.7 Å². The van der Waals surface area contributed by atoms with Gasteiger partial charge in [0.15, 0.2) is 0 Å². The second-order valence-corrected chi connectivity index (χ2v) is 6.63. The number of hydrogen-bond acceptors (Lipinski definition) is 5. The first-order valence-corrected chi connectivity index (χ1v) is 8.57. The third kappa shape index (κ3) is 3.87. The Morgan fingerprint density at radius 2 is 2.13 bits per heavy atom. The number of carbonyl (C=O) groups is 1. The first-order valence-electron chi connectivity index (χ1n) is 8.57. The molecule has 6 heteroatoms. The Morgan fingerprint density at radius 3 is 2.87 bits per heavy atom. The summed E-state index contributed by atoms with van der Waals surface area (Å²) in [5.41, 5.74) is 1.00. The van der Waals surface area contributed by atoms with E-state index in [0.717, 1.165) is 37.4 Å². The Morgan fingerprint density at radius 1 is 1.35 bits per heavy atom. The van der Waals surface area contributed by atoms with Gasteiger partial charge in [0.1, 0.15) is 5.82 Å². The predicted molar refractivity (Wildman–Crippen MR) is 87.0 cm³/mol. The maximum absolute atomic E-state index is 12.8. The lowest BCUT2D eigenvalue weighted by Crippen LogP contribution is -2.49. The van der Waals surface area contributed by atoms with Gasteiger partial charge in [0.25, 0.3) is 0 Å². The standard InChI is InChI=1S/C17H26N4O2/c1-13(2)16-18-6-5-14(19-16)12-21-7-3-4-15(21)17(22)20-8-10-23-11-9-20/h5-6,13,15H,3-4,7-12H2,1-2H3/t15-/m0/s1. The van der Waals surface area contributed by atoms with Crippen LogP contribution in [0.25, 0.3) is 0 Å². The van der Waals surface area contributed by atoms with Crippen molar-refractivity contribution < 1.29 is 9.53 Å². The third-order valence-electron chi connectivity index (χ3n) is 4.58. The van der Waals surface area contributed by atoms with Gasteiger partial charge in [-0.3, -0.25) is 9.69 Å². The summed E-state index contributed by atoms with van der Waals surface area (Å²) < 4.78 is 5.35. The maximum Gasteiger partial charge on any atom is 0.240 e. The first-order chi connectivity index (χ1) is 11.1. The van der Waals surface area contributed by atoms with Crippen LogP contribution in [0.2, 0.25) is 0 Å². The molecule has 1 amide bonds. The number of rotatable bonds is 4. The summed E-state index contributed by atoms with van der Waals surface area (Å²) in [6, 6.07) is 1.95. The van der Waals surface area contributed by atoms with Crippen molar-refractivity contribution in [3.8, 4) is 0 Å². The number of nitrogens with zero attached hydrogens (tertiary/aromatic N) is 4. The molecular weight excluding hydrogens is 292 g/mol. The topological polar surface area (TPSA) is 58.6 Å². The van der Waals surface area contributed by atoms with E-state index in [1.807, 2.05) is 17.2 Å². The molecule has 2 aliphatic heterocycles. The van der Waals surface area contributed by atoms with Crippen molar-refractivity contribution in [2.45, 2.75) is 45.2 Å². The van der Waals surface area contributed by atoms with Gasteiger partial charge in [0, 0.05) is 31.7 Å². The summed E-state index contributed by atoms with van der Waals surface area (Å²) in [6.07, 6.45) is 3.84. The van der Waals surface area contributed by atoms with Gasteiger partial charge in [0.05, 0.1) is 24.9 Å². The molecule has 2 saturated heterocycles. The minimum absolute atomic E-state index is 0.00874. The smallest absolute Gasteiger partial charge is 0.240 e. The van der Waals surface area contributed by atoms with Crippen LogP contribution in [0.15, 0.2) is 12.3 Å². The number of carbonyl (C=O) groups excluding carboxylic acids is 1. The number of likely N-dealkylation sites (tertiary alicyclic amines) is 1. The summed E-state index contributed by atoms with van der Waals surface area (Å²) >= 11 is 0. The molecule has 1 aromatic rings. The molecule has 2 fully saturated rings. The van der Waals surface area contributed by atoms with Crippen LogP contribution >= 0.6 is 0 Å². The second kappa shape index (κ2) is 7.36. The summed E-state index contributed by atoms with van der Waals surface area (Å²) in [6.45, 7) is 8.62. The monoisotopic (exact) mass is 318 g/mol. The van der Waals surface area contributed by atoms with Crippen LogP contribution in [0.1, 0.15) is 44.1 Å². The van der Waals surface area contributed by atoms with Crippen molar-refractivity contribution >= 4 is 5.91 Å². The van der Waals surface area contributed by atoms with Gasteiger partial charge < -0.3 is 9.64 Å². The van der Waals surface area contributed by atoms with Gasteiger partial charge in [0.2, 0.25) is 5.91 Å². The minimum atomic E-state index is -0.00874. The first kappa shape index (κ1) is 16.3. The summed E-state index contributed by atoms with van der Waals surface area (Å²) in [4.78, 5) is 26.0. The van der Waals surface area contributed by atoms with Crippen LogP contribution in [0.4, 0.5) is 0 Å². The lowest BCUT2D eigenvalue weighted by Gasteiger charge is -2.32. The average Bonchev–Trinajstić information content (AvgIpc) is 3.03. The highest BCUT2D eigenvalue weighted by atomic mass is 16.5. The van der Waals surface area contributed by atoms with Crippen molar-refractivity contribution in [2.24, 2.45) is 0 Å². The van der Waals surface area contributed by atoms with Crippen molar-refractivity contribution in [3.05, 3.63) is 23.8 Å². The molecule has 0 N–H and O–H groups in total. The van der Waals surface area contributed by atoms with Gasteiger partial charge in [-0.15, -0.1) is 0 Å². The molecule has 1 aromatic heterocycles. The van der Waals surface area contributed by atoms with E-state index in [0.29, 0.717) is 32.2 Å². The molecule has 23 heavy (non-hydrogen) atoms. The molecule has 0 aromatic carbocycles. The lowest BCUT2D eigenvalue weighted by atomic mass is 10.1. The van der Waals surface area contributed by atoms with Crippen molar-refractivity contribution in [1.82, 2.24) is 19.8 Å². The Kier molecular flexibility index (Phi) is 5.23. The van der Waals surface area contributed by atoms with E-state index in [1.54, 1.807) is 0 Å². The number of ether oxygens (including phenoxy) is 1. The van der Waals surface area contributed by atoms with Gasteiger partial charge in [-0.1, -0.05) is 13.8 Å². The minimum Gasteiger partial charge on any atom is -0.378 e. The fraction of sp³-hybridized carbons (Fsp3) is 0.706. The highest BCUT2D eigenvalue weighted by Crippen LogP contribution is 2.22. The van der Waals surface area contributed by atoms with E-state index >= 15 is 0 Å². The van der Waals surface area contributed by atoms with E-state index in [4.69, 9.17) is 4.74 Å². The fourth-order valence-corrected chi connectivity index (χ4v) is 3.28. The SMILES string of the molecule is CC(C)c1nccc(CN2CCC[C@H]2C(=O)N2CCOCC2)n1. The zero-order valence-electron chi connectivity index (χ0n) is 14.1. The molecule has 0 unspecified atom stereocenters. The second-order valence-electron chi connectivity index (χ2n) is 6.63. The Bertz CT molecular complexity index is 543. The van der Waals surface area contributed by atoms with Gasteiger partial charge >= 0.3 is 0 Å². The molecule has 3 rings (SSSR count). The highest BCUT2D eigenvalue weighted by Gasteiger charge is 2.34. The Balaban J connectivity index is 1.66. The fourth-order valence-electron chi connectivity index (χ4n) is 3.28. The molecule has 2 aliphatic rings. The molecule has 0 spiro atoms. The molecule has 126 valence electrons. The summed E-state index contributed by atoms with van der Waals surface area (Å²) in [7, 11) is 0. The number of aromatic nitrogens is 2. The number of hydrogen-bond donors (Lipinski definition) is 0. The van der Waals surface area contributed by atoms with E-state index in [9.17, 15) is 4.79 Å². The third-order valence-corrected chi connectivity index (χ3v) is 4.58. The van der Waals surface area contributed by atoms with Crippen LogP contribution in [0.5, 0.6) is 0 Å². The van der Waals surface area contributed by atoms with E-state index in [1.165, 1.54) is 0 Å². The molecule has 3 heterocycles. The number of morpholine rings is 1. The molecule has 0 aliphatic carbocycles. The number of amides is 1. The Labute approximate surface area is 137 Å². The molecule has 1 atom stereocenters. The largest absolute Gasteiger partial charge is 0.378 e. The molecular formula is C17H26N4O2. The maximum atomic E-state index is 12.8. The molecule has 6 nitrogen and oxygen atoms in total. The quantitative estimate of drug-likeness (QED) is 0.840.